The molecule has 1 saturated heterocycles. The van der Waals surface area contributed by atoms with Crippen LogP contribution in [-0.4, -0.2) is 45.9 Å². The van der Waals surface area contributed by atoms with Crippen LogP contribution in [0.15, 0.2) is 18.5 Å². The predicted molar refractivity (Wildman–Crippen MR) is 87.7 cm³/mol. The average Bonchev–Trinajstić information content (AvgIpc) is 3.23. The number of aromatic nitrogens is 4. The molecule has 24 heavy (non-hydrogen) atoms. The number of hydrogen-bond donors (Lipinski definition) is 2. The van der Waals surface area contributed by atoms with Gasteiger partial charge in [0.25, 0.3) is 0 Å². The zero-order valence-electron chi connectivity index (χ0n) is 13.4. The van der Waals surface area contributed by atoms with Gasteiger partial charge in [-0.05, 0) is 18.9 Å². The number of hydrogen-bond acceptors (Lipinski definition) is 5. The van der Waals surface area contributed by atoms with Crippen molar-refractivity contribution < 1.29 is 14.3 Å². The van der Waals surface area contributed by atoms with Crippen molar-refractivity contribution in [3.05, 3.63) is 24.3 Å². The summed E-state index contributed by atoms with van der Waals surface area (Å²) >= 11 is 0. The first-order valence-corrected chi connectivity index (χ1v) is 8.00. The largest absolute Gasteiger partial charge is 0.453 e. The Morgan fingerprint density at radius 1 is 1.58 bits per heavy atom. The third-order valence-corrected chi connectivity index (χ3v) is 4.38. The number of H-pyrrole nitrogens is 1. The Hall–Kier alpha value is -2.61. The molecule has 8 nitrogen and oxygen atoms in total. The van der Waals surface area contributed by atoms with E-state index in [-0.39, 0.29) is 6.04 Å². The van der Waals surface area contributed by atoms with E-state index in [0.717, 1.165) is 47.3 Å². The van der Waals surface area contributed by atoms with Crippen LogP contribution in [0.4, 0.5) is 4.79 Å². The minimum Gasteiger partial charge on any atom is -0.453 e. The summed E-state index contributed by atoms with van der Waals surface area (Å²) in [6.07, 6.45) is 5.19. The smallest absolute Gasteiger partial charge is 0.407 e. The molecule has 8 heteroatoms. The molecule has 0 aromatic carbocycles. The van der Waals surface area contributed by atoms with Crippen molar-refractivity contribution in [2.45, 2.75) is 25.4 Å². The Bertz CT molecular complexity index is 878. The van der Waals surface area contributed by atoms with Crippen LogP contribution in [0.25, 0.3) is 22.1 Å². The molecule has 1 aliphatic heterocycles. The SMILES string of the molecule is COC(=O)NCc1nc2cnc3[nH]ccc3c2n1C1CCCOC1. The number of methoxy groups -OCH3 is 1. The third kappa shape index (κ3) is 2.48. The van der Waals surface area contributed by atoms with Crippen molar-refractivity contribution in [2.24, 2.45) is 0 Å². The summed E-state index contributed by atoms with van der Waals surface area (Å²) in [7, 11) is 1.35. The van der Waals surface area contributed by atoms with Crippen molar-refractivity contribution in [1.82, 2.24) is 24.8 Å². The quantitative estimate of drug-likeness (QED) is 0.767. The molecule has 3 aromatic heterocycles. The summed E-state index contributed by atoms with van der Waals surface area (Å²) in [5.74, 6) is 0.779. The molecule has 1 atom stereocenters. The molecule has 2 N–H and O–H groups in total. The van der Waals surface area contributed by atoms with Crippen molar-refractivity contribution in [1.29, 1.82) is 0 Å². The monoisotopic (exact) mass is 329 g/mol. The van der Waals surface area contributed by atoms with Gasteiger partial charge >= 0.3 is 6.09 Å². The van der Waals surface area contributed by atoms with Gasteiger partial charge in [-0.25, -0.2) is 14.8 Å². The summed E-state index contributed by atoms with van der Waals surface area (Å²) in [6.45, 7) is 1.73. The number of carbonyl (C=O) groups is 1. The second-order valence-electron chi connectivity index (χ2n) is 5.85. The maximum Gasteiger partial charge on any atom is 0.407 e. The molecule has 0 saturated carbocycles. The molecule has 1 amide bonds. The fourth-order valence-electron chi connectivity index (χ4n) is 3.31. The van der Waals surface area contributed by atoms with Crippen LogP contribution in [0.2, 0.25) is 0 Å². The van der Waals surface area contributed by atoms with Gasteiger partial charge in [0.1, 0.15) is 17.0 Å². The van der Waals surface area contributed by atoms with Gasteiger partial charge < -0.3 is 24.3 Å². The molecule has 0 radical (unpaired) electrons. The number of imidazole rings is 1. The minimum atomic E-state index is -0.474. The van der Waals surface area contributed by atoms with Gasteiger partial charge in [-0.3, -0.25) is 0 Å². The maximum absolute atomic E-state index is 11.4. The number of ether oxygens (including phenoxy) is 2. The summed E-state index contributed by atoms with van der Waals surface area (Å²) in [4.78, 5) is 23.7. The summed E-state index contributed by atoms with van der Waals surface area (Å²) in [5.41, 5.74) is 2.67. The fraction of sp³-hybridized carbons (Fsp3) is 0.438. The average molecular weight is 329 g/mol. The topological polar surface area (TPSA) is 94.1 Å². The molecule has 4 heterocycles. The minimum absolute atomic E-state index is 0.193. The van der Waals surface area contributed by atoms with Crippen LogP contribution in [0.3, 0.4) is 0 Å². The van der Waals surface area contributed by atoms with Gasteiger partial charge in [0.2, 0.25) is 0 Å². The standard InChI is InChI=1S/C16H19N5O3/c1-23-16(22)19-8-13-20-12-7-18-15-11(4-5-17-15)14(12)21(13)10-3-2-6-24-9-10/h4-5,7,10H,2-3,6,8-9H2,1H3,(H,17,18)(H,19,22). The van der Waals surface area contributed by atoms with Gasteiger partial charge in [-0.15, -0.1) is 0 Å². The highest BCUT2D eigenvalue weighted by Gasteiger charge is 2.24. The molecule has 3 aromatic rings. The molecule has 126 valence electrons. The summed E-state index contributed by atoms with van der Waals surface area (Å²) < 4.78 is 12.5. The van der Waals surface area contributed by atoms with Crippen LogP contribution >= 0.6 is 0 Å². The van der Waals surface area contributed by atoms with Gasteiger partial charge in [0.05, 0.1) is 38.0 Å². The number of nitrogens with one attached hydrogen (secondary N) is 2. The molecule has 0 bridgehead atoms. The molecular weight excluding hydrogens is 310 g/mol. The molecule has 0 aliphatic carbocycles. The maximum atomic E-state index is 11.4. The van der Waals surface area contributed by atoms with E-state index >= 15 is 0 Å². The van der Waals surface area contributed by atoms with Crippen LogP contribution in [0, 0.1) is 0 Å². The van der Waals surface area contributed by atoms with E-state index in [4.69, 9.17) is 4.74 Å². The first kappa shape index (κ1) is 14.9. The van der Waals surface area contributed by atoms with Gasteiger partial charge in [-0.1, -0.05) is 0 Å². The number of fused-ring (bicyclic) bond motifs is 3. The van der Waals surface area contributed by atoms with Gasteiger partial charge in [0.15, 0.2) is 0 Å². The van der Waals surface area contributed by atoms with E-state index < -0.39 is 6.09 Å². The van der Waals surface area contributed by atoms with Crippen LogP contribution in [0.1, 0.15) is 24.7 Å². The Morgan fingerprint density at radius 2 is 2.50 bits per heavy atom. The number of aromatic amines is 1. The van der Waals surface area contributed by atoms with E-state index in [1.807, 2.05) is 12.3 Å². The predicted octanol–water partition coefficient (Wildman–Crippen LogP) is 2.12. The first-order valence-electron chi connectivity index (χ1n) is 8.00. The highest BCUT2D eigenvalue weighted by molar-refractivity contribution is 6.01. The van der Waals surface area contributed by atoms with Crippen LogP contribution < -0.4 is 5.32 Å². The normalized spacial score (nSPS) is 18.1. The van der Waals surface area contributed by atoms with Crippen LogP contribution in [-0.2, 0) is 16.0 Å². The van der Waals surface area contributed by atoms with Crippen molar-refractivity contribution in [2.75, 3.05) is 20.3 Å². The Morgan fingerprint density at radius 3 is 3.29 bits per heavy atom. The summed E-state index contributed by atoms with van der Waals surface area (Å²) in [5, 5.41) is 3.74. The lowest BCUT2D eigenvalue weighted by Crippen LogP contribution is -2.27. The second kappa shape index (κ2) is 6.12. The van der Waals surface area contributed by atoms with Crippen molar-refractivity contribution in [3.63, 3.8) is 0 Å². The van der Waals surface area contributed by atoms with Gasteiger partial charge in [-0.2, -0.15) is 0 Å². The van der Waals surface area contributed by atoms with Crippen molar-refractivity contribution >= 4 is 28.2 Å². The zero-order chi connectivity index (χ0) is 16.5. The lowest BCUT2D eigenvalue weighted by molar-refractivity contribution is 0.0595. The summed E-state index contributed by atoms with van der Waals surface area (Å²) in [6, 6.07) is 2.20. The van der Waals surface area contributed by atoms with E-state index in [1.165, 1.54) is 7.11 Å². The Labute approximate surface area is 138 Å². The molecular formula is C16H19N5O3. The number of nitrogens with zero attached hydrogens (tertiary/aromatic N) is 3. The molecule has 4 rings (SSSR count). The number of pyridine rings is 1. The lowest BCUT2D eigenvalue weighted by Gasteiger charge is -2.26. The highest BCUT2D eigenvalue weighted by Crippen LogP contribution is 2.30. The highest BCUT2D eigenvalue weighted by atomic mass is 16.5. The molecule has 0 spiro atoms. The third-order valence-electron chi connectivity index (χ3n) is 4.38. The van der Waals surface area contributed by atoms with Gasteiger partial charge in [0, 0.05) is 18.2 Å². The zero-order valence-corrected chi connectivity index (χ0v) is 13.4. The number of alkyl carbamates (subject to hydrolysis) is 1. The number of amides is 1. The Kier molecular flexibility index (Phi) is 3.81. The Balaban J connectivity index is 1.85. The first-order chi connectivity index (χ1) is 11.8. The molecule has 1 fully saturated rings. The molecule has 1 aliphatic rings. The van der Waals surface area contributed by atoms with E-state index in [1.54, 1.807) is 6.20 Å². The lowest BCUT2D eigenvalue weighted by atomic mass is 10.1. The second-order valence-corrected chi connectivity index (χ2v) is 5.85. The van der Waals surface area contributed by atoms with E-state index in [2.05, 4.69) is 29.6 Å². The van der Waals surface area contributed by atoms with E-state index in [0.29, 0.717) is 13.2 Å². The van der Waals surface area contributed by atoms with E-state index in [9.17, 15) is 4.79 Å². The fourth-order valence-corrected chi connectivity index (χ4v) is 3.31. The molecule has 1 unspecified atom stereocenters. The van der Waals surface area contributed by atoms with Crippen LogP contribution in [0.5, 0.6) is 0 Å². The number of rotatable bonds is 3. The van der Waals surface area contributed by atoms with Crippen molar-refractivity contribution in [3.8, 4) is 0 Å². The number of carbonyl (C=O) groups excluding carboxylic acids is 1.